The van der Waals surface area contributed by atoms with E-state index in [1.165, 1.54) is 19.3 Å². The lowest BCUT2D eigenvalue weighted by molar-refractivity contribution is 0.0630. The maximum atomic E-state index is 9.94. The van der Waals surface area contributed by atoms with Crippen molar-refractivity contribution in [1.82, 2.24) is 0 Å². The van der Waals surface area contributed by atoms with E-state index < -0.39 is 0 Å². The van der Waals surface area contributed by atoms with Crippen LogP contribution in [0.5, 0.6) is 0 Å². The van der Waals surface area contributed by atoms with Gasteiger partial charge in [-0.1, -0.05) is 19.3 Å². The van der Waals surface area contributed by atoms with Gasteiger partial charge in [0.1, 0.15) is 11.9 Å². The summed E-state index contributed by atoms with van der Waals surface area (Å²) in [4.78, 5) is 0. The highest BCUT2D eigenvalue weighted by Crippen LogP contribution is 2.29. The molecule has 1 rings (SSSR count). The van der Waals surface area contributed by atoms with Crippen LogP contribution in [0, 0.1) is 5.92 Å². The summed E-state index contributed by atoms with van der Waals surface area (Å²) in [6.07, 6.45) is 7.59. The summed E-state index contributed by atoms with van der Waals surface area (Å²) in [6, 6.07) is 0. The van der Waals surface area contributed by atoms with Crippen LogP contribution < -0.4 is 0 Å². The van der Waals surface area contributed by atoms with E-state index in [1.54, 1.807) is 7.11 Å². The van der Waals surface area contributed by atoms with Crippen molar-refractivity contribution in [3.8, 4) is 0 Å². The van der Waals surface area contributed by atoms with E-state index in [4.69, 9.17) is 4.74 Å². The van der Waals surface area contributed by atoms with Gasteiger partial charge in [-0.3, -0.25) is 0 Å². The molecule has 0 radical (unpaired) electrons. The van der Waals surface area contributed by atoms with E-state index in [-0.39, 0.29) is 6.10 Å². The summed E-state index contributed by atoms with van der Waals surface area (Å²) in [6.45, 7) is 1.91. The number of aliphatic hydroxyl groups is 1. The molecule has 0 bridgehead atoms. The molecule has 0 unspecified atom stereocenters. The Hall–Kier alpha value is -0.500. The normalized spacial score (nSPS) is 22.8. The van der Waals surface area contributed by atoms with Crippen LogP contribution in [0.15, 0.2) is 11.8 Å². The molecule has 0 aromatic rings. The third-order valence-corrected chi connectivity index (χ3v) is 2.91. The second kappa shape index (κ2) is 5.28. The third kappa shape index (κ3) is 2.73. The largest absolute Gasteiger partial charge is 0.499 e. The second-order valence-electron chi connectivity index (χ2n) is 3.74. The smallest absolute Gasteiger partial charge is 0.120 e. The minimum atomic E-state index is -0.379. The lowest BCUT2D eigenvalue weighted by Crippen LogP contribution is -2.25. The summed E-state index contributed by atoms with van der Waals surface area (Å²) in [5.74, 6) is 1.15. The number of allylic oxidation sites excluding steroid dienone is 1. The Bertz CT molecular complexity index is 169. The minimum Gasteiger partial charge on any atom is -0.499 e. The summed E-state index contributed by atoms with van der Waals surface area (Å²) in [5.41, 5.74) is 0. The average molecular weight is 184 g/mol. The topological polar surface area (TPSA) is 29.5 Å². The highest BCUT2D eigenvalue weighted by molar-refractivity contribution is 5.00. The number of hydrogen-bond acceptors (Lipinski definition) is 2. The Balaban J connectivity index is 2.49. The van der Waals surface area contributed by atoms with Crippen LogP contribution in [-0.4, -0.2) is 18.3 Å². The predicted octanol–water partition coefficient (Wildman–Crippen LogP) is 2.48. The number of rotatable bonds is 3. The van der Waals surface area contributed by atoms with Crippen molar-refractivity contribution in [3.63, 3.8) is 0 Å². The summed E-state index contributed by atoms with van der Waals surface area (Å²) in [7, 11) is 1.63. The highest BCUT2D eigenvalue weighted by Gasteiger charge is 2.24. The van der Waals surface area contributed by atoms with E-state index in [2.05, 4.69) is 0 Å². The van der Waals surface area contributed by atoms with E-state index in [9.17, 15) is 5.11 Å². The number of ether oxygens (including phenoxy) is 1. The molecule has 76 valence electrons. The molecule has 2 heteroatoms. The Morgan fingerprint density at radius 1 is 1.38 bits per heavy atom. The highest BCUT2D eigenvalue weighted by atomic mass is 16.5. The molecule has 0 aromatic heterocycles. The summed E-state index contributed by atoms with van der Waals surface area (Å²) in [5, 5.41) is 9.94. The molecule has 2 nitrogen and oxygen atoms in total. The first-order valence-corrected chi connectivity index (χ1v) is 5.18. The van der Waals surface area contributed by atoms with Gasteiger partial charge in [-0.2, -0.15) is 0 Å². The molecule has 13 heavy (non-hydrogen) atoms. The Kier molecular flexibility index (Phi) is 4.29. The third-order valence-electron chi connectivity index (χ3n) is 2.91. The van der Waals surface area contributed by atoms with E-state index in [0.29, 0.717) is 5.92 Å². The van der Waals surface area contributed by atoms with Gasteiger partial charge in [0, 0.05) is 0 Å². The molecule has 0 spiro atoms. The Morgan fingerprint density at radius 2 is 2.00 bits per heavy atom. The van der Waals surface area contributed by atoms with Crippen LogP contribution in [0.2, 0.25) is 0 Å². The number of hydrogen-bond donors (Lipinski definition) is 1. The van der Waals surface area contributed by atoms with Crippen molar-refractivity contribution in [1.29, 1.82) is 0 Å². The molecule has 0 aliphatic heterocycles. The van der Waals surface area contributed by atoms with Crippen LogP contribution in [-0.2, 0) is 4.74 Å². The van der Waals surface area contributed by atoms with Gasteiger partial charge < -0.3 is 9.84 Å². The lowest BCUT2D eigenvalue weighted by atomic mass is 9.84. The van der Waals surface area contributed by atoms with Crippen LogP contribution in [0.25, 0.3) is 0 Å². The van der Waals surface area contributed by atoms with Crippen molar-refractivity contribution < 1.29 is 9.84 Å². The standard InChI is InChI=1S/C11H20O2/c1-3-10(13-2)11(12)9-7-5-4-6-8-9/h3,9,11-12H,4-8H2,1-2H3/b10-3+/t11-/m1/s1. The minimum absolute atomic E-state index is 0.379. The SMILES string of the molecule is C/C=C(/OC)[C@H](O)C1CCCCC1. The molecule has 1 atom stereocenters. The van der Waals surface area contributed by atoms with Gasteiger partial charge in [-0.25, -0.2) is 0 Å². The number of methoxy groups -OCH3 is 1. The molecular weight excluding hydrogens is 164 g/mol. The fourth-order valence-corrected chi connectivity index (χ4v) is 2.09. The van der Waals surface area contributed by atoms with Crippen molar-refractivity contribution in [2.45, 2.75) is 45.1 Å². The zero-order chi connectivity index (χ0) is 9.68. The molecule has 0 saturated heterocycles. The molecule has 1 N–H and O–H groups in total. The first-order valence-electron chi connectivity index (χ1n) is 5.18. The fraction of sp³-hybridized carbons (Fsp3) is 0.818. The summed E-state index contributed by atoms with van der Waals surface area (Å²) < 4.78 is 5.13. The van der Waals surface area contributed by atoms with Crippen molar-refractivity contribution in [2.24, 2.45) is 5.92 Å². The Morgan fingerprint density at radius 3 is 2.46 bits per heavy atom. The van der Waals surface area contributed by atoms with Gasteiger partial charge >= 0.3 is 0 Å². The van der Waals surface area contributed by atoms with Gasteiger partial charge in [-0.15, -0.1) is 0 Å². The molecule has 0 amide bonds. The van der Waals surface area contributed by atoms with E-state index in [1.807, 2.05) is 13.0 Å². The Labute approximate surface area is 80.6 Å². The molecule has 1 saturated carbocycles. The van der Waals surface area contributed by atoms with Gasteiger partial charge in [-0.05, 0) is 31.8 Å². The lowest BCUT2D eigenvalue weighted by Gasteiger charge is -2.27. The molecule has 1 aliphatic rings. The molecule has 1 aliphatic carbocycles. The number of aliphatic hydroxyl groups excluding tert-OH is 1. The molecular formula is C11H20O2. The van der Waals surface area contributed by atoms with Gasteiger partial charge in [0.2, 0.25) is 0 Å². The van der Waals surface area contributed by atoms with E-state index in [0.717, 1.165) is 18.6 Å². The van der Waals surface area contributed by atoms with Crippen LogP contribution in [0.1, 0.15) is 39.0 Å². The van der Waals surface area contributed by atoms with Crippen molar-refractivity contribution >= 4 is 0 Å². The van der Waals surface area contributed by atoms with Gasteiger partial charge in [0.25, 0.3) is 0 Å². The van der Waals surface area contributed by atoms with Crippen LogP contribution >= 0.6 is 0 Å². The molecule has 1 fully saturated rings. The van der Waals surface area contributed by atoms with Crippen molar-refractivity contribution in [3.05, 3.63) is 11.8 Å². The second-order valence-corrected chi connectivity index (χ2v) is 3.74. The van der Waals surface area contributed by atoms with Crippen LogP contribution in [0.4, 0.5) is 0 Å². The summed E-state index contributed by atoms with van der Waals surface area (Å²) >= 11 is 0. The quantitative estimate of drug-likeness (QED) is 0.683. The maximum absolute atomic E-state index is 9.94. The maximum Gasteiger partial charge on any atom is 0.120 e. The molecule has 0 heterocycles. The molecule has 0 aromatic carbocycles. The first kappa shape index (κ1) is 10.6. The fourth-order valence-electron chi connectivity index (χ4n) is 2.09. The zero-order valence-corrected chi connectivity index (χ0v) is 8.62. The monoisotopic (exact) mass is 184 g/mol. The van der Waals surface area contributed by atoms with E-state index >= 15 is 0 Å². The van der Waals surface area contributed by atoms with Gasteiger partial charge in [0.05, 0.1) is 7.11 Å². The van der Waals surface area contributed by atoms with Crippen molar-refractivity contribution in [2.75, 3.05) is 7.11 Å². The van der Waals surface area contributed by atoms with Gasteiger partial charge in [0.15, 0.2) is 0 Å². The van der Waals surface area contributed by atoms with Crippen LogP contribution in [0.3, 0.4) is 0 Å². The first-order chi connectivity index (χ1) is 6.29. The zero-order valence-electron chi connectivity index (χ0n) is 8.62. The predicted molar refractivity (Wildman–Crippen MR) is 53.3 cm³/mol. The average Bonchev–Trinajstić information content (AvgIpc) is 2.21.